The molecule has 4 heteroatoms. The van der Waals surface area contributed by atoms with Crippen molar-refractivity contribution in [3.63, 3.8) is 0 Å². The van der Waals surface area contributed by atoms with Crippen LogP contribution in [0.1, 0.15) is 41.5 Å². The van der Waals surface area contributed by atoms with E-state index >= 15 is 0 Å². The molecule has 17 heavy (non-hydrogen) atoms. The summed E-state index contributed by atoms with van der Waals surface area (Å²) in [6.45, 7) is 1.05. The van der Waals surface area contributed by atoms with Gasteiger partial charge in [-0.25, -0.2) is 4.98 Å². The van der Waals surface area contributed by atoms with Crippen LogP contribution in [-0.4, -0.2) is 22.2 Å². The molecule has 0 amide bonds. The number of carbonyl (C=O) groups is 1. The fourth-order valence-corrected chi connectivity index (χ4v) is 2.43. The summed E-state index contributed by atoms with van der Waals surface area (Å²) in [5.41, 5.74) is 1.73. The van der Waals surface area contributed by atoms with Gasteiger partial charge >= 0.3 is 0 Å². The summed E-state index contributed by atoms with van der Waals surface area (Å²) in [6.07, 6.45) is 8.18. The van der Waals surface area contributed by atoms with E-state index in [2.05, 4.69) is 10.3 Å². The first kappa shape index (κ1) is 10.5. The molecule has 1 unspecified atom stereocenters. The first-order valence-electron chi connectivity index (χ1n) is 6.04. The van der Waals surface area contributed by atoms with E-state index in [1.165, 1.54) is 12.8 Å². The Balaban J connectivity index is 2.05. The summed E-state index contributed by atoms with van der Waals surface area (Å²) in [5.74, 6) is 1.02. The van der Waals surface area contributed by atoms with Gasteiger partial charge < -0.3 is 9.72 Å². The molecular formula is C13H15N3O. The molecule has 0 aromatic carbocycles. The lowest BCUT2D eigenvalue weighted by molar-refractivity contribution is 0.112. The molecule has 3 rings (SSSR count). The van der Waals surface area contributed by atoms with Crippen molar-refractivity contribution in [3.8, 4) is 0 Å². The van der Waals surface area contributed by atoms with Gasteiger partial charge in [0.1, 0.15) is 5.82 Å². The van der Waals surface area contributed by atoms with E-state index in [-0.39, 0.29) is 0 Å². The monoisotopic (exact) mass is 229 g/mol. The van der Waals surface area contributed by atoms with Crippen LogP contribution in [0, 0.1) is 0 Å². The Kier molecular flexibility index (Phi) is 2.65. The Labute approximate surface area is 99.7 Å². The molecule has 1 fully saturated rings. The van der Waals surface area contributed by atoms with Crippen molar-refractivity contribution in [2.45, 2.75) is 25.3 Å². The molecule has 0 radical (unpaired) electrons. The lowest BCUT2D eigenvalue weighted by atomic mass is 10.0. The van der Waals surface area contributed by atoms with Crippen molar-refractivity contribution in [1.29, 1.82) is 0 Å². The highest BCUT2D eigenvalue weighted by atomic mass is 16.1. The number of aldehydes is 1. The van der Waals surface area contributed by atoms with Crippen LogP contribution in [0.4, 0.5) is 0 Å². The van der Waals surface area contributed by atoms with Crippen LogP contribution in [0.2, 0.25) is 0 Å². The van der Waals surface area contributed by atoms with E-state index in [9.17, 15) is 4.79 Å². The molecule has 1 atom stereocenters. The number of pyridine rings is 1. The molecule has 4 nitrogen and oxygen atoms in total. The highest BCUT2D eigenvalue weighted by Crippen LogP contribution is 2.22. The lowest BCUT2D eigenvalue weighted by Crippen LogP contribution is -2.28. The molecule has 1 saturated heterocycles. The molecule has 1 aliphatic rings. The normalized spacial score (nSPS) is 20.6. The average Bonchev–Trinajstić information content (AvgIpc) is 2.82. The van der Waals surface area contributed by atoms with E-state index in [1.807, 2.05) is 28.9 Å². The third-order valence-electron chi connectivity index (χ3n) is 3.34. The van der Waals surface area contributed by atoms with Crippen LogP contribution in [0.5, 0.6) is 0 Å². The summed E-state index contributed by atoms with van der Waals surface area (Å²) in [6, 6.07) is 4.07. The number of hydrogen-bond acceptors (Lipinski definition) is 3. The van der Waals surface area contributed by atoms with Gasteiger partial charge in [0.15, 0.2) is 6.29 Å². The summed E-state index contributed by atoms with van der Waals surface area (Å²) in [7, 11) is 0. The molecule has 1 N–H and O–H groups in total. The predicted molar refractivity (Wildman–Crippen MR) is 65.2 cm³/mol. The topological polar surface area (TPSA) is 46.4 Å². The maximum absolute atomic E-state index is 10.8. The first-order chi connectivity index (χ1) is 8.38. The van der Waals surface area contributed by atoms with Gasteiger partial charge in [-0.15, -0.1) is 0 Å². The van der Waals surface area contributed by atoms with Crippen molar-refractivity contribution in [2.24, 2.45) is 0 Å². The van der Waals surface area contributed by atoms with Gasteiger partial charge in [0.05, 0.1) is 17.8 Å². The Morgan fingerprint density at radius 2 is 2.35 bits per heavy atom. The number of hydrogen-bond donors (Lipinski definition) is 1. The number of nitrogens with one attached hydrogen (secondary N) is 1. The highest BCUT2D eigenvalue weighted by Gasteiger charge is 2.19. The minimum absolute atomic E-state index is 0.313. The smallest absolute Gasteiger partial charge is 0.151 e. The number of carbonyl (C=O) groups excluding carboxylic acids is 1. The van der Waals surface area contributed by atoms with Gasteiger partial charge in [0.25, 0.3) is 0 Å². The zero-order valence-electron chi connectivity index (χ0n) is 9.60. The van der Waals surface area contributed by atoms with Crippen molar-refractivity contribution in [2.75, 3.05) is 6.54 Å². The second-order valence-corrected chi connectivity index (χ2v) is 4.49. The van der Waals surface area contributed by atoms with Gasteiger partial charge in [-0.3, -0.25) is 4.79 Å². The van der Waals surface area contributed by atoms with E-state index < -0.39 is 0 Å². The van der Waals surface area contributed by atoms with E-state index in [0.717, 1.165) is 30.6 Å². The Morgan fingerprint density at radius 3 is 3.12 bits per heavy atom. The fourth-order valence-electron chi connectivity index (χ4n) is 2.43. The van der Waals surface area contributed by atoms with E-state index in [4.69, 9.17) is 0 Å². The Hall–Kier alpha value is -1.68. The lowest BCUT2D eigenvalue weighted by Gasteiger charge is -2.22. The minimum Gasteiger partial charge on any atom is -0.307 e. The van der Waals surface area contributed by atoms with Gasteiger partial charge in [-0.1, -0.05) is 6.42 Å². The summed E-state index contributed by atoms with van der Waals surface area (Å²) in [5, 5.41) is 3.48. The number of rotatable bonds is 2. The zero-order chi connectivity index (χ0) is 11.7. The first-order valence-corrected chi connectivity index (χ1v) is 6.04. The molecule has 0 bridgehead atoms. The predicted octanol–water partition coefficient (Wildman–Crippen LogP) is 1.96. The standard InChI is InChI=1S/C13H15N3O/c17-9-10-4-5-11-7-15-13(16(11)8-10)12-3-1-2-6-14-12/h4-5,7-9,12,14H,1-3,6H2. The number of nitrogens with zero attached hydrogens (tertiary/aromatic N) is 2. The van der Waals surface area contributed by atoms with Crippen LogP contribution in [0.15, 0.2) is 24.5 Å². The Morgan fingerprint density at radius 1 is 1.41 bits per heavy atom. The van der Waals surface area contributed by atoms with Crippen molar-refractivity contribution in [3.05, 3.63) is 35.9 Å². The van der Waals surface area contributed by atoms with Crippen LogP contribution >= 0.6 is 0 Å². The summed E-state index contributed by atoms with van der Waals surface area (Å²) in [4.78, 5) is 15.3. The molecule has 1 aliphatic heterocycles. The molecule has 0 saturated carbocycles. The third-order valence-corrected chi connectivity index (χ3v) is 3.34. The largest absolute Gasteiger partial charge is 0.307 e. The van der Waals surface area contributed by atoms with Crippen LogP contribution in [0.3, 0.4) is 0 Å². The van der Waals surface area contributed by atoms with Crippen molar-refractivity contribution >= 4 is 11.8 Å². The maximum Gasteiger partial charge on any atom is 0.151 e. The number of piperidine rings is 1. The fraction of sp³-hybridized carbons (Fsp3) is 0.385. The zero-order valence-corrected chi connectivity index (χ0v) is 9.60. The van der Waals surface area contributed by atoms with Crippen molar-refractivity contribution in [1.82, 2.24) is 14.7 Å². The van der Waals surface area contributed by atoms with E-state index in [1.54, 1.807) is 0 Å². The number of imidazole rings is 1. The number of fused-ring (bicyclic) bond motifs is 1. The van der Waals surface area contributed by atoms with Crippen LogP contribution in [-0.2, 0) is 0 Å². The van der Waals surface area contributed by atoms with Gasteiger partial charge in [-0.05, 0) is 31.5 Å². The number of aromatic nitrogens is 2. The molecular weight excluding hydrogens is 214 g/mol. The summed E-state index contributed by atoms with van der Waals surface area (Å²) < 4.78 is 2.02. The second kappa shape index (κ2) is 4.30. The Bertz CT molecular complexity index is 541. The average molecular weight is 229 g/mol. The second-order valence-electron chi connectivity index (χ2n) is 4.49. The van der Waals surface area contributed by atoms with Gasteiger partial charge in [0, 0.05) is 11.8 Å². The van der Waals surface area contributed by atoms with Crippen LogP contribution in [0.25, 0.3) is 5.52 Å². The van der Waals surface area contributed by atoms with Gasteiger partial charge in [0.2, 0.25) is 0 Å². The van der Waals surface area contributed by atoms with Gasteiger partial charge in [-0.2, -0.15) is 0 Å². The summed E-state index contributed by atoms with van der Waals surface area (Å²) >= 11 is 0. The van der Waals surface area contributed by atoms with E-state index in [0.29, 0.717) is 11.6 Å². The maximum atomic E-state index is 10.8. The quantitative estimate of drug-likeness (QED) is 0.801. The third kappa shape index (κ3) is 1.85. The molecule has 2 aromatic heterocycles. The molecule has 3 heterocycles. The molecule has 2 aromatic rings. The van der Waals surface area contributed by atoms with Crippen LogP contribution < -0.4 is 5.32 Å². The SMILES string of the molecule is O=Cc1ccc2cnc(C3CCCCN3)n2c1. The highest BCUT2D eigenvalue weighted by molar-refractivity contribution is 5.75. The molecule has 0 aliphatic carbocycles. The molecule has 88 valence electrons. The molecule has 0 spiro atoms. The minimum atomic E-state index is 0.313. The van der Waals surface area contributed by atoms with Crippen molar-refractivity contribution < 1.29 is 4.79 Å².